The fourth-order valence-electron chi connectivity index (χ4n) is 1.00. The maximum Gasteiger partial charge on any atom is 0.338 e. The molecule has 2 N–H and O–H groups in total. The summed E-state index contributed by atoms with van der Waals surface area (Å²) in [5.41, 5.74) is -0.360. The number of benzene rings is 1. The van der Waals surface area contributed by atoms with Gasteiger partial charge < -0.3 is 9.66 Å². The van der Waals surface area contributed by atoms with Gasteiger partial charge in [0.2, 0.25) is 0 Å². The number of carbonyl (C=O) groups is 1. The van der Waals surface area contributed by atoms with Gasteiger partial charge in [0.15, 0.2) is 11.1 Å². The van der Waals surface area contributed by atoms with Gasteiger partial charge in [-0.15, -0.1) is 0 Å². The Balaban J connectivity index is 3.42. The highest BCUT2D eigenvalue weighted by molar-refractivity contribution is 7.79. The van der Waals surface area contributed by atoms with Crippen molar-refractivity contribution < 1.29 is 23.1 Å². The number of halogens is 1. The minimum atomic E-state index is -2.31. The third kappa shape index (κ3) is 1.97. The van der Waals surface area contributed by atoms with E-state index in [1.807, 2.05) is 0 Å². The molecule has 1 aromatic rings. The van der Waals surface area contributed by atoms with Crippen molar-refractivity contribution in [1.82, 2.24) is 0 Å². The Bertz CT molecular complexity index is 381. The standard InChI is InChI=1S/C8H7FO4S/c1-4-2-6(9)5(8(10)11)3-7(4)14(12)13/h2-3H,1H3,(H,10,11)(H,12,13). The lowest BCUT2D eigenvalue weighted by Crippen LogP contribution is -2.04. The summed E-state index contributed by atoms with van der Waals surface area (Å²) in [7, 11) is 0. The number of carboxylic acids is 1. The fourth-order valence-corrected chi connectivity index (χ4v) is 1.56. The van der Waals surface area contributed by atoms with E-state index >= 15 is 0 Å². The van der Waals surface area contributed by atoms with Crippen LogP contribution in [0.15, 0.2) is 17.0 Å². The van der Waals surface area contributed by atoms with E-state index in [1.165, 1.54) is 6.92 Å². The van der Waals surface area contributed by atoms with E-state index in [1.54, 1.807) is 0 Å². The molecule has 0 aliphatic carbocycles. The van der Waals surface area contributed by atoms with Gasteiger partial charge in [0.05, 0.1) is 10.5 Å². The molecule has 0 spiro atoms. The molecule has 0 fully saturated rings. The van der Waals surface area contributed by atoms with Crippen molar-refractivity contribution >= 4 is 17.0 Å². The number of aromatic carboxylic acids is 1. The van der Waals surface area contributed by atoms with Crippen LogP contribution in [-0.4, -0.2) is 19.8 Å². The molecule has 1 rings (SSSR count). The number of aryl methyl sites for hydroxylation is 1. The van der Waals surface area contributed by atoms with Crippen LogP contribution in [-0.2, 0) is 11.1 Å². The van der Waals surface area contributed by atoms with Crippen molar-refractivity contribution in [3.8, 4) is 0 Å². The summed E-state index contributed by atoms with van der Waals surface area (Å²) in [6, 6.07) is 1.79. The normalized spacial score (nSPS) is 12.5. The molecule has 4 nitrogen and oxygen atoms in total. The zero-order valence-corrected chi connectivity index (χ0v) is 7.97. The van der Waals surface area contributed by atoms with Gasteiger partial charge in [-0.2, -0.15) is 0 Å². The maximum absolute atomic E-state index is 13.0. The van der Waals surface area contributed by atoms with Crippen molar-refractivity contribution in [3.05, 3.63) is 29.1 Å². The van der Waals surface area contributed by atoms with Gasteiger partial charge in [-0.05, 0) is 24.6 Å². The zero-order chi connectivity index (χ0) is 10.9. The summed E-state index contributed by atoms with van der Waals surface area (Å²) in [6.07, 6.45) is 0. The minimum Gasteiger partial charge on any atom is -0.478 e. The topological polar surface area (TPSA) is 74.6 Å². The fraction of sp³-hybridized carbons (Fsp3) is 0.125. The Kier molecular flexibility index (Phi) is 2.97. The van der Waals surface area contributed by atoms with Crippen LogP contribution in [0.5, 0.6) is 0 Å². The van der Waals surface area contributed by atoms with Crippen molar-refractivity contribution in [2.75, 3.05) is 0 Å². The van der Waals surface area contributed by atoms with Crippen molar-refractivity contribution in [2.45, 2.75) is 11.8 Å². The van der Waals surface area contributed by atoms with Gasteiger partial charge in [0.25, 0.3) is 0 Å². The highest BCUT2D eigenvalue weighted by Gasteiger charge is 2.15. The van der Waals surface area contributed by atoms with Gasteiger partial charge in [0.1, 0.15) is 5.82 Å². The monoisotopic (exact) mass is 218 g/mol. The van der Waals surface area contributed by atoms with Gasteiger partial charge in [0, 0.05) is 0 Å². The molecule has 0 saturated heterocycles. The molecule has 76 valence electrons. The predicted octanol–water partition coefficient (Wildman–Crippen LogP) is 1.41. The largest absolute Gasteiger partial charge is 0.478 e. The second kappa shape index (κ2) is 3.85. The van der Waals surface area contributed by atoms with Crippen molar-refractivity contribution in [2.24, 2.45) is 0 Å². The first-order chi connectivity index (χ1) is 6.43. The van der Waals surface area contributed by atoms with Gasteiger partial charge in [-0.3, -0.25) is 0 Å². The lowest BCUT2D eigenvalue weighted by atomic mass is 10.1. The maximum atomic E-state index is 13.0. The van der Waals surface area contributed by atoms with Gasteiger partial charge in [-0.25, -0.2) is 13.4 Å². The highest BCUT2D eigenvalue weighted by atomic mass is 32.2. The van der Waals surface area contributed by atoms with Crippen LogP contribution in [0.2, 0.25) is 0 Å². The molecule has 0 amide bonds. The lowest BCUT2D eigenvalue weighted by molar-refractivity contribution is 0.0691. The number of hydrogen-bond acceptors (Lipinski definition) is 2. The van der Waals surface area contributed by atoms with Crippen LogP contribution in [0.25, 0.3) is 0 Å². The van der Waals surface area contributed by atoms with Crippen molar-refractivity contribution in [1.29, 1.82) is 0 Å². The molecule has 0 saturated carbocycles. The second-order valence-electron chi connectivity index (χ2n) is 2.65. The zero-order valence-electron chi connectivity index (χ0n) is 7.15. The first kappa shape index (κ1) is 10.8. The molecule has 14 heavy (non-hydrogen) atoms. The van der Waals surface area contributed by atoms with Crippen LogP contribution in [0.4, 0.5) is 4.39 Å². The average Bonchev–Trinajstić information content (AvgIpc) is 2.02. The molecule has 1 unspecified atom stereocenters. The molecule has 1 aromatic carbocycles. The molecule has 0 bridgehead atoms. The van der Waals surface area contributed by atoms with Gasteiger partial charge in [-0.1, -0.05) is 0 Å². The summed E-state index contributed by atoms with van der Waals surface area (Å²) in [5, 5.41) is 8.54. The Hall–Kier alpha value is -1.27. The molecule has 6 heteroatoms. The molecule has 0 heterocycles. The molecule has 0 aliphatic heterocycles. The number of hydrogen-bond donors (Lipinski definition) is 2. The van der Waals surface area contributed by atoms with Crippen LogP contribution < -0.4 is 0 Å². The average molecular weight is 218 g/mol. The Labute approximate surface area is 81.7 Å². The predicted molar refractivity (Wildman–Crippen MR) is 47.1 cm³/mol. The van der Waals surface area contributed by atoms with Crippen LogP contribution in [0.3, 0.4) is 0 Å². The summed E-state index contributed by atoms with van der Waals surface area (Å²) < 4.78 is 32.4. The minimum absolute atomic E-state index is 0.0937. The van der Waals surface area contributed by atoms with Crippen LogP contribution >= 0.6 is 0 Å². The third-order valence-corrected chi connectivity index (χ3v) is 2.50. The molecule has 0 radical (unpaired) electrons. The molecule has 0 aromatic heterocycles. The molecular weight excluding hydrogens is 211 g/mol. The SMILES string of the molecule is Cc1cc(F)c(C(=O)O)cc1S(=O)O. The Morgan fingerprint density at radius 3 is 2.50 bits per heavy atom. The summed E-state index contributed by atoms with van der Waals surface area (Å²) in [6.45, 7) is 1.43. The summed E-state index contributed by atoms with van der Waals surface area (Å²) >= 11 is -2.31. The second-order valence-corrected chi connectivity index (χ2v) is 3.59. The van der Waals surface area contributed by atoms with E-state index in [9.17, 15) is 13.4 Å². The highest BCUT2D eigenvalue weighted by Crippen LogP contribution is 2.17. The molecule has 1 atom stereocenters. The van der Waals surface area contributed by atoms with Crippen LogP contribution in [0, 0.1) is 12.7 Å². The van der Waals surface area contributed by atoms with Crippen LogP contribution in [0.1, 0.15) is 15.9 Å². The van der Waals surface area contributed by atoms with Gasteiger partial charge >= 0.3 is 5.97 Å². The quantitative estimate of drug-likeness (QED) is 0.736. The number of rotatable bonds is 2. The first-order valence-corrected chi connectivity index (χ1v) is 4.68. The Morgan fingerprint density at radius 1 is 1.50 bits per heavy atom. The molecular formula is C8H7FO4S. The first-order valence-electron chi connectivity index (χ1n) is 3.57. The lowest BCUT2D eigenvalue weighted by Gasteiger charge is -2.03. The summed E-state index contributed by atoms with van der Waals surface area (Å²) in [4.78, 5) is 10.4. The van der Waals surface area contributed by atoms with E-state index < -0.39 is 28.4 Å². The third-order valence-electron chi connectivity index (χ3n) is 1.68. The van der Waals surface area contributed by atoms with E-state index in [-0.39, 0.29) is 10.5 Å². The molecule has 0 aliphatic rings. The van der Waals surface area contributed by atoms with E-state index in [0.29, 0.717) is 0 Å². The smallest absolute Gasteiger partial charge is 0.338 e. The number of carboxylic acid groups (broad SMARTS) is 1. The van der Waals surface area contributed by atoms with E-state index in [4.69, 9.17) is 9.66 Å². The van der Waals surface area contributed by atoms with Crippen molar-refractivity contribution in [3.63, 3.8) is 0 Å². The Morgan fingerprint density at radius 2 is 2.07 bits per heavy atom. The summed E-state index contributed by atoms with van der Waals surface area (Å²) in [5.74, 6) is -2.38. The van der Waals surface area contributed by atoms with E-state index in [0.717, 1.165) is 12.1 Å². The van der Waals surface area contributed by atoms with E-state index in [2.05, 4.69) is 0 Å².